The Morgan fingerprint density at radius 1 is 1.10 bits per heavy atom. The van der Waals surface area contributed by atoms with E-state index >= 15 is 0 Å². The van der Waals surface area contributed by atoms with Gasteiger partial charge in [0.2, 0.25) is 0 Å². The van der Waals surface area contributed by atoms with Gasteiger partial charge in [-0.25, -0.2) is 0 Å². The number of nitrogens with one attached hydrogen (secondary N) is 1. The first-order chi connectivity index (χ1) is 9.33. The second-order valence-electron chi connectivity index (χ2n) is 7.20. The van der Waals surface area contributed by atoms with Crippen LogP contribution in [0.3, 0.4) is 0 Å². The first-order valence-electron chi connectivity index (χ1n) is 7.53. The summed E-state index contributed by atoms with van der Waals surface area (Å²) >= 11 is 1.87. The number of hydrogen-bond acceptors (Lipinski definition) is 2. The number of fused-ring (bicyclic) bond motifs is 1. The predicted octanol–water partition coefficient (Wildman–Crippen LogP) is 5.25. The number of rotatable bonds is 5. The van der Waals surface area contributed by atoms with E-state index in [1.807, 2.05) is 11.3 Å². The van der Waals surface area contributed by atoms with E-state index in [0.29, 0.717) is 5.41 Å². The maximum absolute atomic E-state index is 3.68. The quantitative estimate of drug-likeness (QED) is 0.793. The molecular formula is C18H27NS. The Morgan fingerprint density at radius 3 is 2.45 bits per heavy atom. The maximum Gasteiger partial charge on any atom is 0.0345 e. The normalized spacial score (nSPS) is 15.4. The third-order valence-corrected chi connectivity index (χ3v) is 5.09. The highest BCUT2D eigenvalue weighted by molar-refractivity contribution is 7.17. The van der Waals surface area contributed by atoms with E-state index in [2.05, 4.69) is 69.6 Å². The summed E-state index contributed by atoms with van der Waals surface area (Å²) in [4.78, 5) is 0. The molecule has 0 saturated carbocycles. The van der Waals surface area contributed by atoms with Crippen LogP contribution < -0.4 is 5.32 Å². The fourth-order valence-electron chi connectivity index (χ4n) is 2.42. The van der Waals surface area contributed by atoms with E-state index in [4.69, 9.17) is 0 Å². The van der Waals surface area contributed by atoms with Gasteiger partial charge in [0.15, 0.2) is 0 Å². The molecule has 110 valence electrons. The average molecular weight is 289 g/mol. The van der Waals surface area contributed by atoms with E-state index in [-0.39, 0.29) is 5.54 Å². The fraction of sp³-hybridized carbons (Fsp3) is 0.556. The summed E-state index contributed by atoms with van der Waals surface area (Å²) in [6.45, 7) is 12.5. The first kappa shape index (κ1) is 15.5. The minimum Gasteiger partial charge on any atom is -0.312 e. The Balaban J connectivity index is 2.16. The molecule has 2 aromatic rings. The van der Waals surface area contributed by atoms with Crippen LogP contribution >= 0.6 is 11.3 Å². The van der Waals surface area contributed by atoms with Gasteiger partial charge in [0.1, 0.15) is 0 Å². The first-order valence-corrected chi connectivity index (χ1v) is 8.41. The number of thiophene rings is 1. The SMILES string of the molecule is CCC(C)(CNC(C)(C)C)Cc1csc2ccccc12. The molecule has 0 aliphatic rings. The Morgan fingerprint density at radius 2 is 1.80 bits per heavy atom. The number of hydrogen-bond donors (Lipinski definition) is 1. The molecule has 2 heteroatoms. The third-order valence-electron chi connectivity index (χ3n) is 4.08. The van der Waals surface area contributed by atoms with Gasteiger partial charge in [0, 0.05) is 16.8 Å². The lowest BCUT2D eigenvalue weighted by Crippen LogP contribution is -2.43. The zero-order chi connectivity index (χ0) is 14.8. The highest BCUT2D eigenvalue weighted by Crippen LogP contribution is 2.33. The largest absolute Gasteiger partial charge is 0.312 e. The van der Waals surface area contributed by atoms with Crippen LogP contribution in [0.4, 0.5) is 0 Å². The van der Waals surface area contributed by atoms with E-state index < -0.39 is 0 Å². The summed E-state index contributed by atoms with van der Waals surface area (Å²) < 4.78 is 1.41. The van der Waals surface area contributed by atoms with Crippen molar-refractivity contribution in [1.29, 1.82) is 0 Å². The molecule has 1 atom stereocenters. The van der Waals surface area contributed by atoms with Gasteiger partial charge in [-0.1, -0.05) is 32.0 Å². The predicted molar refractivity (Wildman–Crippen MR) is 91.7 cm³/mol. The molecule has 0 aliphatic heterocycles. The molecule has 1 unspecified atom stereocenters. The molecule has 20 heavy (non-hydrogen) atoms. The highest BCUT2D eigenvalue weighted by atomic mass is 32.1. The molecule has 0 radical (unpaired) electrons. The van der Waals surface area contributed by atoms with Crippen LogP contribution in [0, 0.1) is 5.41 Å². The maximum atomic E-state index is 3.68. The van der Waals surface area contributed by atoms with Gasteiger partial charge in [0.25, 0.3) is 0 Å². The topological polar surface area (TPSA) is 12.0 Å². The Labute approximate surface area is 127 Å². The van der Waals surface area contributed by atoms with Crippen LogP contribution in [0.25, 0.3) is 10.1 Å². The van der Waals surface area contributed by atoms with Gasteiger partial charge < -0.3 is 5.32 Å². The minimum atomic E-state index is 0.188. The lowest BCUT2D eigenvalue weighted by molar-refractivity contribution is 0.255. The third kappa shape index (κ3) is 3.83. The molecule has 1 N–H and O–H groups in total. The molecular weight excluding hydrogens is 262 g/mol. The zero-order valence-corrected chi connectivity index (χ0v) is 14.2. The van der Waals surface area contributed by atoms with Crippen LogP contribution in [-0.4, -0.2) is 12.1 Å². The van der Waals surface area contributed by atoms with Crippen LogP contribution in [0.15, 0.2) is 29.6 Å². The zero-order valence-electron chi connectivity index (χ0n) is 13.4. The Kier molecular flexibility index (Phi) is 4.55. The van der Waals surface area contributed by atoms with Crippen LogP contribution in [0.1, 0.15) is 46.6 Å². The van der Waals surface area contributed by atoms with Crippen molar-refractivity contribution in [3.63, 3.8) is 0 Å². The molecule has 0 bridgehead atoms. The molecule has 1 heterocycles. The van der Waals surface area contributed by atoms with E-state index in [1.165, 1.54) is 22.1 Å². The molecule has 1 aromatic heterocycles. The molecule has 0 spiro atoms. The van der Waals surface area contributed by atoms with Crippen molar-refractivity contribution in [1.82, 2.24) is 5.32 Å². The summed E-state index contributed by atoms with van der Waals surface area (Å²) in [5.41, 5.74) is 2.01. The molecule has 0 fully saturated rings. The lowest BCUT2D eigenvalue weighted by atomic mass is 9.80. The van der Waals surface area contributed by atoms with Crippen LogP contribution in [0.2, 0.25) is 0 Å². The summed E-state index contributed by atoms with van der Waals surface area (Å²) in [6.07, 6.45) is 2.34. The van der Waals surface area contributed by atoms with Gasteiger partial charge in [-0.3, -0.25) is 0 Å². The van der Waals surface area contributed by atoms with Crippen molar-refractivity contribution in [2.75, 3.05) is 6.54 Å². The van der Waals surface area contributed by atoms with Crippen molar-refractivity contribution in [2.45, 2.75) is 53.0 Å². The van der Waals surface area contributed by atoms with Crippen molar-refractivity contribution in [2.24, 2.45) is 5.41 Å². The summed E-state index contributed by atoms with van der Waals surface area (Å²) in [7, 11) is 0. The fourth-order valence-corrected chi connectivity index (χ4v) is 3.38. The standard InChI is InChI=1S/C18H27NS/c1-6-18(5,13-19-17(2,3)4)11-14-12-20-16-10-8-7-9-15(14)16/h7-10,12,19H,6,11,13H2,1-5H3. The molecule has 0 amide bonds. The van der Waals surface area contributed by atoms with Crippen LogP contribution in [0.5, 0.6) is 0 Å². The van der Waals surface area contributed by atoms with Gasteiger partial charge in [-0.05, 0) is 61.4 Å². The molecule has 2 rings (SSSR count). The molecule has 0 saturated heterocycles. The minimum absolute atomic E-state index is 0.188. The second-order valence-corrected chi connectivity index (χ2v) is 8.11. The van der Waals surface area contributed by atoms with Gasteiger partial charge in [-0.2, -0.15) is 0 Å². The Hall–Kier alpha value is -0.860. The van der Waals surface area contributed by atoms with Crippen molar-refractivity contribution in [3.8, 4) is 0 Å². The van der Waals surface area contributed by atoms with Crippen molar-refractivity contribution in [3.05, 3.63) is 35.2 Å². The molecule has 1 aromatic carbocycles. The van der Waals surface area contributed by atoms with Crippen molar-refractivity contribution >= 4 is 21.4 Å². The van der Waals surface area contributed by atoms with Gasteiger partial charge in [-0.15, -0.1) is 11.3 Å². The van der Waals surface area contributed by atoms with Gasteiger partial charge >= 0.3 is 0 Å². The van der Waals surface area contributed by atoms with Crippen LogP contribution in [-0.2, 0) is 6.42 Å². The monoisotopic (exact) mass is 289 g/mol. The van der Waals surface area contributed by atoms with E-state index in [1.54, 1.807) is 0 Å². The molecule has 0 aliphatic carbocycles. The highest BCUT2D eigenvalue weighted by Gasteiger charge is 2.25. The second kappa shape index (κ2) is 5.87. The summed E-state index contributed by atoms with van der Waals surface area (Å²) in [6, 6.07) is 8.76. The van der Waals surface area contributed by atoms with Crippen molar-refractivity contribution < 1.29 is 0 Å². The lowest BCUT2D eigenvalue weighted by Gasteiger charge is -2.33. The number of benzene rings is 1. The molecule has 1 nitrogen and oxygen atoms in total. The smallest absolute Gasteiger partial charge is 0.0345 e. The van der Waals surface area contributed by atoms with Gasteiger partial charge in [0.05, 0.1) is 0 Å². The van der Waals surface area contributed by atoms with E-state index in [9.17, 15) is 0 Å². The van der Waals surface area contributed by atoms with E-state index in [0.717, 1.165) is 13.0 Å². The summed E-state index contributed by atoms with van der Waals surface area (Å²) in [5, 5.41) is 7.46. The average Bonchev–Trinajstić information content (AvgIpc) is 2.79. The Bertz CT molecular complexity index is 564. The summed E-state index contributed by atoms with van der Waals surface area (Å²) in [5.74, 6) is 0.